The zero-order valence-corrected chi connectivity index (χ0v) is 13.5. The van der Waals surface area contributed by atoms with Gasteiger partial charge in [0.25, 0.3) is 15.9 Å². The number of carbonyl (C=O) groups is 1. The summed E-state index contributed by atoms with van der Waals surface area (Å²) in [7, 11) is -2.54. The first-order valence-electron chi connectivity index (χ1n) is 6.74. The van der Waals surface area contributed by atoms with E-state index in [1.807, 2.05) is 10.3 Å². The Labute approximate surface area is 138 Å². The summed E-state index contributed by atoms with van der Waals surface area (Å²) in [4.78, 5) is 13.2. The Kier molecular flexibility index (Phi) is 5.72. The molecule has 128 valence electrons. The lowest BCUT2D eigenvalue weighted by molar-refractivity contribution is -0.123. The number of nitrogens with one attached hydrogen (secondary N) is 2. The van der Waals surface area contributed by atoms with Crippen LogP contribution in [0.2, 0.25) is 0 Å². The Morgan fingerprint density at radius 2 is 1.79 bits per heavy atom. The summed E-state index contributed by atoms with van der Waals surface area (Å²) >= 11 is 0. The topological polar surface area (TPSA) is 93.7 Å². The highest BCUT2D eigenvalue weighted by molar-refractivity contribution is 7.89. The molecule has 1 amide bonds. The van der Waals surface area contributed by atoms with Crippen molar-refractivity contribution >= 4 is 15.9 Å². The van der Waals surface area contributed by atoms with Crippen molar-refractivity contribution in [1.82, 2.24) is 10.3 Å². The molecule has 0 unspecified atom stereocenters. The van der Waals surface area contributed by atoms with Crippen LogP contribution in [0.3, 0.4) is 0 Å². The van der Waals surface area contributed by atoms with E-state index in [-0.39, 0.29) is 4.90 Å². The maximum atomic E-state index is 13.1. The first-order chi connectivity index (χ1) is 11.4. The standard InChI is InChI=1S/C15H15FN2O5S/c1-22-12-5-7-13(8-6-12)23-10-15(19)17-18-24(20,21)14-4-2-3-11(16)9-14/h2-9,18H,10H2,1H3,(H,17,19). The fourth-order valence-corrected chi connectivity index (χ4v) is 2.57. The molecule has 7 nitrogen and oxygen atoms in total. The summed E-state index contributed by atoms with van der Waals surface area (Å²) in [5.41, 5.74) is 1.98. The first kappa shape index (κ1) is 17.7. The number of hydrogen-bond acceptors (Lipinski definition) is 5. The number of amides is 1. The second-order valence-corrected chi connectivity index (χ2v) is 6.26. The van der Waals surface area contributed by atoms with Crippen LogP contribution in [0.4, 0.5) is 4.39 Å². The molecule has 2 aromatic carbocycles. The van der Waals surface area contributed by atoms with E-state index in [9.17, 15) is 17.6 Å². The third-order valence-electron chi connectivity index (χ3n) is 2.86. The van der Waals surface area contributed by atoms with Gasteiger partial charge in [-0.1, -0.05) is 6.07 Å². The maximum Gasteiger partial charge on any atom is 0.272 e. The van der Waals surface area contributed by atoms with Crippen molar-refractivity contribution < 1.29 is 27.1 Å². The molecule has 0 aliphatic heterocycles. The Bertz CT molecular complexity index is 809. The van der Waals surface area contributed by atoms with Gasteiger partial charge >= 0.3 is 0 Å². The zero-order chi connectivity index (χ0) is 17.6. The third-order valence-corrected chi connectivity index (χ3v) is 4.11. The molecule has 0 aromatic heterocycles. The van der Waals surface area contributed by atoms with Gasteiger partial charge in [-0.2, -0.15) is 0 Å². The molecule has 0 bridgehead atoms. The van der Waals surface area contributed by atoms with Gasteiger partial charge in [0.15, 0.2) is 6.61 Å². The number of benzene rings is 2. The summed E-state index contributed by atoms with van der Waals surface area (Å²) < 4.78 is 47.0. The monoisotopic (exact) mass is 354 g/mol. The van der Waals surface area contributed by atoms with E-state index < -0.39 is 28.4 Å². The molecule has 0 atom stereocenters. The lowest BCUT2D eigenvalue weighted by atomic mass is 10.3. The molecule has 0 aliphatic rings. The van der Waals surface area contributed by atoms with Crippen molar-refractivity contribution in [3.05, 3.63) is 54.3 Å². The summed E-state index contributed by atoms with van der Waals surface area (Å²) in [6, 6.07) is 10.9. The number of carbonyl (C=O) groups excluding carboxylic acids is 1. The molecule has 24 heavy (non-hydrogen) atoms. The molecular formula is C15H15FN2O5S. The van der Waals surface area contributed by atoms with Crippen LogP contribution in [0.1, 0.15) is 0 Å². The molecule has 0 aliphatic carbocycles. The van der Waals surface area contributed by atoms with Crippen LogP contribution in [0, 0.1) is 5.82 Å². The van der Waals surface area contributed by atoms with Crippen LogP contribution < -0.4 is 19.7 Å². The fraction of sp³-hybridized carbons (Fsp3) is 0.133. The number of sulfonamides is 1. The quantitative estimate of drug-likeness (QED) is 0.729. The average Bonchev–Trinajstić information content (AvgIpc) is 2.58. The lowest BCUT2D eigenvalue weighted by Crippen LogP contribution is -2.43. The predicted octanol–water partition coefficient (Wildman–Crippen LogP) is 1.22. The second-order valence-electron chi connectivity index (χ2n) is 4.58. The van der Waals surface area contributed by atoms with Gasteiger partial charge in [0, 0.05) is 0 Å². The van der Waals surface area contributed by atoms with Crippen molar-refractivity contribution in [2.24, 2.45) is 0 Å². The predicted molar refractivity (Wildman–Crippen MR) is 83.4 cm³/mol. The fourth-order valence-electron chi connectivity index (χ4n) is 1.67. The lowest BCUT2D eigenvalue weighted by Gasteiger charge is -2.10. The van der Waals surface area contributed by atoms with E-state index in [0.717, 1.165) is 12.1 Å². The van der Waals surface area contributed by atoms with Crippen molar-refractivity contribution in [3.8, 4) is 11.5 Å². The third kappa shape index (κ3) is 4.93. The largest absolute Gasteiger partial charge is 0.497 e. The summed E-state index contributed by atoms with van der Waals surface area (Å²) in [6.07, 6.45) is 0. The summed E-state index contributed by atoms with van der Waals surface area (Å²) in [5, 5.41) is 0. The summed E-state index contributed by atoms with van der Waals surface area (Å²) in [6.45, 7) is -0.405. The number of hydrogen-bond donors (Lipinski definition) is 2. The maximum absolute atomic E-state index is 13.1. The van der Waals surface area contributed by atoms with E-state index in [0.29, 0.717) is 11.5 Å². The van der Waals surface area contributed by atoms with E-state index >= 15 is 0 Å². The molecule has 0 heterocycles. The second kappa shape index (κ2) is 7.75. The summed E-state index contributed by atoms with van der Waals surface area (Å²) in [5.74, 6) is -0.369. The van der Waals surface area contributed by atoms with Gasteiger partial charge in [-0.05, 0) is 42.5 Å². The Hall–Kier alpha value is -2.65. The minimum absolute atomic E-state index is 0.307. The molecule has 0 saturated heterocycles. The van der Waals surface area contributed by atoms with Crippen molar-refractivity contribution in [1.29, 1.82) is 0 Å². The number of methoxy groups -OCH3 is 1. The van der Waals surface area contributed by atoms with Gasteiger partial charge in [0.05, 0.1) is 12.0 Å². The number of hydrazine groups is 1. The SMILES string of the molecule is COc1ccc(OCC(=O)NNS(=O)(=O)c2cccc(F)c2)cc1. The van der Waals surface area contributed by atoms with Gasteiger partial charge in [-0.15, -0.1) is 4.83 Å². The van der Waals surface area contributed by atoms with Gasteiger partial charge in [0.2, 0.25) is 0 Å². The average molecular weight is 354 g/mol. The molecule has 0 fully saturated rings. The molecule has 0 spiro atoms. The molecule has 0 radical (unpaired) electrons. The van der Waals surface area contributed by atoms with Crippen LogP contribution in [0.25, 0.3) is 0 Å². The van der Waals surface area contributed by atoms with Crippen LogP contribution in [0.15, 0.2) is 53.4 Å². The molecule has 9 heteroatoms. The number of halogens is 1. The highest BCUT2D eigenvalue weighted by atomic mass is 32.2. The first-order valence-corrected chi connectivity index (χ1v) is 8.22. The van der Waals surface area contributed by atoms with Crippen LogP contribution >= 0.6 is 0 Å². The molecular weight excluding hydrogens is 339 g/mol. The van der Waals surface area contributed by atoms with Gasteiger partial charge < -0.3 is 9.47 Å². The normalized spacial score (nSPS) is 10.9. The Balaban J connectivity index is 1.86. The highest BCUT2D eigenvalue weighted by Gasteiger charge is 2.15. The zero-order valence-electron chi connectivity index (χ0n) is 12.7. The van der Waals surface area contributed by atoms with E-state index in [2.05, 4.69) is 0 Å². The van der Waals surface area contributed by atoms with E-state index in [1.165, 1.54) is 19.2 Å². The van der Waals surface area contributed by atoms with Gasteiger partial charge in [-0.25, -0.2) is 12.8 Å². The Morgan fingerprint density at radius 3 is 2.42 bits per heavy atom. The van der Waals surface area contributed by atoms with Crippen LogP contribution in [-0.4, -0.2) is 28.0 Å². The Morgan fingerprint density at radius 1 is 1.12 bits per heavy atom. The molecule has 0 saturated carbocycles. The molecule has 2 aromatic rings. The van der Waals surface area contributed by atoms with Crippen molar-refractivity contribution in [2.45, 2.75) is 4.90 Å². The van der Waals surface area contributed by atoms with Crippen LogP contribution in [0.5, 0.6) is 11.5 Å². The highest BCUT2D eigenvalue weighted by Crippen LogP contribution is 2.16. The smallest absolute Gasteiger partial charge is 0.272 e. The van der Waals surface area contributed by atoms with Gasteiger partial charge in [-0.3, -0.25) is 10.2 Å². The minimum Gasteiger partial charge on any atom is -0.497 e. The van der Waals surface area contributed by atoms with E-state index in [4.69, 9.17) is 9.47 Å². The molecule has 2 N–H and O–H groups in total. The number of rotatable bonds is 7. The van der Waals surface area contributed by atoms with Crippen LogP contribution in [-0.2, 0) is 14.8 Å². The van der Waals surface area contributed by atoms with Crippen molar-refractivity contribution in [2.75, 3.05) is 13.7 Å². The molecule has 2 rings (SSSR count). The minimum atomic E-state index is -4.06. The van der Waals surface area contributed by atoms with Crippen molar-refractivity contribution in [3.63, 3.8) is 0 Å². The number of ether oxygens (including phenoxy) is 2. The van der Waals surface area contributed by atoms with Gasteiger partial charge in [0.1, 0.15) is 17.3 Å². The van der Waals surface area contributed by atoms with E-state index in [1.54, 1.807) is 24.3 Å².